The first kappa shape index (κ1) is 18.0. The van der Waals surface area contributed by atoms with Crippen LogP contribution in [0.5, 0.6) is 5.75 Å². The van der Waals surface area contributed by atoms with Gasteiger partial charge in [-0.25, -0.2) is 4.98 Å². The van der Waals surface area contributed by atoms with Crippen molar-refractivity contribution in [2.24, 2.45) is 0 Å². The minimum absolute atomic E-state index is 0.0668. The summed E-state index contributed by atoms with van der Waals surface area (Å²) in [5.41, 5.74) is 10.9. The molecule has 0 bridgehead atoms. The van der Waals surface area contributed by atoms with Crippen LogP contribution in [0.15, 0.2) is 54.9 Å². The molecule has 1 aliphatic heterocycles. The van der Waals surface area contributed by atoms with E-state index in [-0.39, 0.29) is 11.8 Å². The number of carbonyl (C=O) groups excluding carboxylic acids is 1. The summed E-state index contributed by atoms with van der Waals surface area (Å²) in [6.45, 7) is 0.712. The highest BCUT2D eigenvalue weighted by Crippen LogP contribution is 2.38. The fourth-order valence-electron chi connectivity index (χ4n) is 3.88. The van der Waals surface area contributed by atoms with Crippen LogP contribution in [0.4, 0.5) is 17.2 Å². The fourth-order valence-corrected chi connectivity index (χ4v) is 3.88. The van der Waals surface area contributed by atoms with E-state index in [1.807, 2.05) is 12.1 Å². The van der Waals surface area contributed by atoms with E-state index in [0.29, 0.717) is 29.1 Å². The number of H-pyrrole nitrogens is 1. The highest BCUT2D eigenvalue weighted by atomic mass is 16.5. The van der Waals surface area contributed by atoms with Crippen LogP contribution in [0.25, 0.3) is 10.9 Å². The predicted molar refractivity (Wildman–Crippen MR) is 116 cm³/mol. The second-order valence-electron chi connectivity index (χ2n) is 7.22. The number of aromatic nitrogens is 3. The molecule has 1 atom stereocenters. The maximum atomic E-state index is 13.1. The number of benzene rings is 2. The summed E-state index contributed by atoms with van der Waals surface area (Å²) in [5.74, 6) is 1.06. The second kappa shape index (κ2) is 7.07. The number of amides is 1. The first-order valence-corrected chi connectivity index (χ1v) is 9.54. The molecule has 150 valence electrons. The molecule has 3 heterocycles. The number of aromatic amines is 1. The monoisotopic (exact) mass is 400 g/mol. The molecule has 2 aromatic carbocycles. The molecule has 5 N–H and O–H groups in total. The summed E-state index contributed by atoms with van der Waals surface area (Å²) < 4.78 is 5.17. The molecule has 1 aliphatic rings. The van der Waals surface area contributed by atoms with Gasteiger partial charge in [-0.3, -0.25) is 9.89 Å². The number of carbonyl (C=O) groups is 1. The Kier molecular flexibility index (Phi) is 4.24. The summed E-state index contributed by atoms with van der Waals surface area (Å²) in [6.07, 6.45) is 3.48. The number of anilines is 3. The molecule has 1 unspecified atom stereocenters. The minimum atomic E-state index is -0.211. The van der Waals surface area contributed by atoms with Gasteiger partial charge in [0.1, 0.15) is 11.6 Å². The molecule has 0 fully saturated rings. The van der Waals surface area contributed by atoms with E-state index in [1.54, 1.807) is 43.8 Å². The van der Waals surface area contributed by atoms with Gasteiger partial charge >= 0.3 is 0 Å². The van der Waals surface area contributed by atoms with Crippen LogP contribution >= 0.6 is 0 Å². The smallest absolute Gasteiger partial charge is 0.257 e. The van der Waals surface area contributed by atoms with Crippen molar-refractivity contribution in [3.8, 4) is 5.75 Å². The number of nitrogen functional groups attached to an aromatic ring is 1. The molecule has 1 amide bonds. The van der Waals surface area contributed by atoms with Crippen LogP contribution < -0.4 is 21.1 Å². The predicted octanol–water partition coefficient (Wildman–Crippen LogP) is 3.36. The quantitative estimate of drug-likeness (QED) is 0.417. The first-order valence-electron chi connectivity index (χ1n) is 9.54. The van der Waals surface area contributed by atoms with Gasteiger partial charge in [-0.1, -0.05) is 0 Å². The number of nitrogens with two attached hydrogens (primary N) is 1. The average Bonchev–Trinajstić information content (AvgIpc) is 3.40. The number of nitrogens with zero attached hydrogens (tertiary/aromatic N) is 2. The molecule has 0 aliphatic carbocycles. The van der Waals surface area contributed by atoms with Crippen molar-refractivity contribution in [1.29, 1.82) is 0 Å². The number of methoxy groups -OCH3 is 1. The van der Waals surface area contributed by atoms with Crippen LogP contribution in [0.2, 0.25) is 0 Å². The van der Waals surface area contributed by atoms with Crippen LogP contribution in [-0.4, -0.2) is 34.7 Å². The van der Waals surface area contributed by atoms with E-state index in [2.05, 4.69) is 31.9 Å². The lowest BCUT2D eigenvalue weighted by atomic mass is 9.91. The van der Waals surface area contributed by atoms with Crippen LogP contribution in [0, 0.1) is 0 Å². The Bertz CT molecular complexity index is 1250. The van der Waals surface area contributed by atoms with E-state index < -0.39 is 0 Å². The number of ether oxygens (including phenoxy) is 1. The number of nitrogens with one attached hydrogen (secondary N) is 3. The van der Waals surface area contributed by atoms with E-state index in [4.69, 9.17) is 10.5 Å². The number of hydrogen-bond donors (Lipinski definition) is 4. The number of hydrogen-bond acceptors (Lipinski definition) is 6. The van der Waals surface area contributed by atoms with Crippen molar-refractivity contribution >= 4 is 34.0 Å². The molecule has 0 saturated carbocycles. The molecule has 5 rings (SSSR count). The molecular weight excluding hydrogens is 380 g/mol. The number of pyridine rings is 1. The average molecular weight is 400 g/mol. The third-order valence-corrected chi connectivity index (χ3v) is 5.40. The minimum Gasteiger partial charge on any atom is -0.497 e. The van der Waals surface area contributed by atoms with Gasteiger partial charge in [-0.2, -0.15) is 5.10 Å². The van der Waals surface area contributed by atoms with Crippen molar-refractivity contribution in [2.75, 3.05) is 30.0 Å². The Morgan fingerprint density at radius 2 is 2.03 bits per heavy atom. The highest BCUT2D eigenvalue weighted by Gasteiger charge is 2.26. The van der Waals surface area contributed by atoms with Gasteiger partial charge in [0.25, 0.3) is 5.91 Å². The maximum Gasteiger partial charge on any atom is 0.257 e. The Morgan fingerprint density at radius 1 is 1.20 bits per heavy atom. The summed E-state index contributed by atoms with van der Waals surface area (Å²) in [6, 6.07) is 13.1. The van der Waals surface area contributed by atoms with Crippen LogP contribution in [-0.2, 0) is 0 Å². The van der Waals surface area contributed by atoms with E-state index in [0.717, 1.165) is 28.0 Å². The molecule has 2 aromatic heterocycles. The van der Waals surface area contributed by atoms with Crippen LogP contribution in [0.1, 0.15) is 27.4 Å². The van der Waals surface area contributed by atoms with Gasteiger partial charge in [-0.05, 0) is 53.6 Å². The highest BCUT2D eigenvalue weighted by molar-refractivity contribution is 6.12. The van der Waals surface area contributed by atoms with Crippen molar-refractivity contribution in [3.05, 3.63) is 71.5 Å². The van der Waals surface area contributed by atoms with Crippen molar-refractivity contribution < 1.29 is 9.53 Å². The van der Waals surface area contributed by atoms with Gasteiger partial charge in [0.15, 0.2) is 0 Å². The third-order valence-electron chi connectivity index (χ3n) is 5.40. The summed E-state index contributed by atoms with van der Waals surface area (Å²) >= 11 is 0. The standard InChI is InChI=1S/C22H20N6O2/c1-30-15-4-2-14(3-5-15)27-22(29)17-7-12(6-13-9-26-28-21(13)17)18-10-24-19-11-25-20(23)8-16(18)19/h2-9,11,18,24H,10H2,1H3,(H2,23,25)(H,26,28)(H,27,29). The lowest BCUT2D eigenvalue weighted by molar-refractivity contribution is 0.102. The van der Waals surface area contributed by atoms with Crippen molar-refractivity contribution in [2.45, 2.75) is 5.92 Å². The van der Waals surface area contributed by atoms with Crippen molar-refractivity contribution in [3.63, 3.8) is 0 Å². The first-order chi connectivity index (χ1) is 14.6. The third kappa shape index (κ3) is 3.08. The maximum absolute atomic E-state index is 13.1. The zero-order valence-electron chi connectivity index (χ0n) is 16.3. The normalized spacial score (nSPS) is 14.9. The van der Waals surface area contributed by atoms with E-state index in [9.17, 15) is 4.79 Å². The molecule has 0 radical (unpaired) electrons. The Hall–Kier alpha value is -4.07. The lowest BCUT2D eigenvalue weighted by Crippen LogP contribution is -2.14. The van der Waals surface area contributed by atoms with Gasteiger partial charge in [-0.15, -0.1) is 0 Å². The zero-order chi connectivity index (χ0) is 20.7. The largest absolute Gasteiger partial charge is 0.497 e. The fraction of sp³-hybridized carbons (Fsp3) is 0.136. The Labute approximate surface area is 172 Å². The Balaban J connectivity index is 1.52. The zero-order valence-corrected chi connectivity index (χ0v) is 16.3. The summed E-state index contributed by atoms with van der Waals surface area (Å²) in [4.78, 5) is 17.3. The Morgan fingerprint density at radius 3 is 2.83 bits per heavy atom. The van der Waals surface area contributed by atoms with Gasteiger partial charge < -0.3 is 21.1 Å². The van der Waals surface area contributed by atoms with Crippen LogP contribution in [0.3, 0.4) is 0 Å². The molecular formula is C22H20N6O2. The lowest BCUT2D eigenvalue weighted by Gasteiger charge is -2.14. The van der Waals surface area contributed by atoms with Gasteiger partial charge in [0.2, 0.25) is 0 Å². The number of rotatable bonds is 4. The molecule has 8 heteroatoms. The molecule has 8 nitrogen and oxygen atoms in total. The van der Waals surface area contributed by atoms with Gasteiger partial charge in [0, 0.05) is 23.5 Å². The molecule has 0 spiro atoms. The molecule has 30 heavy (non-hydrogen) atoms. The summed E-state index contributed by atoms with van der Waals surface area (Å²) in [5, 5.41) is 14.3. The summed E-state index contributed by atoms with van der Waals surface area (Å²) in [7, 11) is 1.60. The SMILES string of the molecule is COc1ccc(NC(=O)c2cc(C3CNc4cnc(N)cc43)cc3cn[nH]c23)cc1. The molecule has 4 aromatic rings. The van der Waals surface area contributed by atoms with Crippen molar-refractivity contribution in [1.82, 2.24) is 15.2 Å². The molecule has 0 saturated heterocycles. The van der Waals surface area contributed by atoms with E-state index >= 15 is 0 Å². The van der Waals surface area contributed by atoms with E-state index in [1.165, 1.54) is 0 Å². The second-order valence-corrected chi connectivity index (χ2v) is 7.22. The number of fused-ring (bicyclic) bond motifs is 2. The topological polar surface area (TPSA) is 118 Å². The van der Waals surface area contributed by atoms with Gasteiger partial charge in [0.05, 0.1) is 36.3 Å².